The van der Waals surface area contributed by atoms with Crippen LogP contribution in [0.4, 0.5) is 0 Å². The first kappa shape index (κ1) is 15.5. The van der Waals surface area contributed by atoms with Gasteiger partial charge in [-0.2, -0.15) is 0 Å². The number of rotatable bonds is 5. The topological polar surface area (TPSA) is 69.6 Å². The van der Waals surface area contributed by atoms with Gasteiger partial charge < -0.3 is 10.4 Å². The van der Waals surface area contributed by atoms with Crippen molar-refractivity contribution in [3.8, 4) is 0 Å². The van der Waals surface area contributed by atoms with E-state index in [0.717, 1.165) is 37.2 Å². The van der Waals surface area contributed by atoms with Crippen molar-refractivity contribution in [2.24, 2.45) is 5.41 Å². The lowest BCUT2D eigenvalue weighted by Crippen LogP contribution is -2.39. The molecule has 1 aliphatic heterocycles. The standard InChI is InChI=1S/C16H22N2O3/c1-16(15(21)17-2)7-8-18(11-16)10-13-5-3-12(4-6-13)9-14(19)20/h3-6H,7-11H2,1-2H3,(H,17,21)(H,19,20). The van der Waals surface area contributed by atoms with Gasteiger partial charge in [0.2, 0.25) is 5.91 Å². The van der Waals surface area contributed by atoms with Crippen LogP contribution in [0.5, 0.6) is 0 Å². The lowest BCUT2D eigenvalue weighted by molar-refractivity contribution is -0.136. The molecule has 1 aromatic carbocycles. The van der Waals surface area contributed by atoms with Crippen LogP contribution in [0.15, 0.2) is 24.3 Å². The van der Waals surface area contributed by atoms with E-state index in [9.17, 15) is 9.59 Å². The van der Waals surface area contributed by atoms with Crippen LogP contribution in [0.1, 0.15) is 24.5 Å². The highest BCUT2D eigenvalue weighted by atomic mass is 16.4. The molecule has 0 aliphatic carbocycles. The molecule has 1 saturated heterocycles. The van der Waals surface area contributed by atoms with Crippen LogP contribution in [-0.2, 0) is 22.6 Å². The van der Waals surface area contributed by atoms with Gasteiger partial charge in [-0.05, 0) is 31.0 Å². The van der Waals surface area contributed by atoms with Crippen LogP contribution in [0.25, 0.3) is 0 Å². The molecule has 0 spiro atoms. The molecule has 1 unspecified atom stereocenters. The molecule has 114 valence electrons. The van der Waals surface area contributed by atoms with Crippen molar-refractivity contribution < 1.29 is 14.7 Å². The van der Waals surface area contributed by atoms with Crippen LogP contribution in [-0.4, -0.2) is 42.0 Å². The quantitative estimate of drug-likeness (QED) is 0.857. The molecule has 0 radical (unpaired) electrons. The number of carbonyl (C=O) groups is 2. The second-order valence-electron chi connectivity index (χ2n) is 5.99. The number of likely N-dealkylation sites (tertiary alicyclic amines) is 1. The van der Waals surface area contributed by atoms with E-state index in [1.807, 2.05) is 31.2 Å². The first-order valence-electron chi connectivity index (χ1n) is 7.17. The number of nitrogens with one attached hydrogen (secondary N) is 1. The number of carbonyl (C=O) groups excluding carboxylic acids is 1. The fourth-order valence-electron chi connectivity index (χ4n) is 2.87. The Labute approximate surface area is 125 Å². The molecule has 0 bridgehead atoms. The van der Waals surface area contributed by atoms with E-state index in [-0.39, 0.29) is 17.7 Å². The predicted octanol–water partition coefficient (Wildman–Crippen LogP) is 1.27. The third-order valence-corrected chi connectivity index (χ3v) is 4.11. The minimum Gasteiger partial charge on any atom is -0.481 e. The molecule has 2 N–H and O–H groups in total. The van der Waals surface area contributed by atoms with Gasteiger partial charge in [-0.15, -0.1) is 0 Å². The number of hydrogen-bond acceptors (Lipinski definition) is 3. The van der Waals surface area contributed by atoms with Gasteiger partial charge in [0.25, 0.3) is 0 Å². The molecule has 0 saturated carbocycles. The largest absolute Gasteiger partial charge is 0.481 e. The Morgan fingerprint density at radius 3 is 2.48 bits per heavy atom. The molecule has 0 aromatic heterocycles. The minimum atomic E-state index is -0.816. The second kappa shape index (κ2) is 6.26. The van der Waals surface area contributed by atoms with E-state index in [1.54, 1.807) is 7.05 Å². The Morgan fingerprint density at radius 2 is 1.90 bits per heavy atom. The molecule has 1 aliphatic rings. The molecule has 21 heavy (non-hydrogen) atoms. The average molecular weight is 290 g/mol. The summed E-state index contributed by atoms with van der Waals surface area (Å²) < 4.78 is 0. The van der Waals surface area contributed by atoms with Gasteiger partial charge in [0, 0.05) is 20.1 Å². The Balaban J connectivity index is 1.94. The van der Waals surface area contributed by atoms with E-state index >= 15 is 0 Å². The van der Waals surface area contributed by atoms with Crippen LogP contribution in [0.2, 0.25) is 0 Å². The van der Waals surface area contributed by atoms with Gasteiger partial charge in [-0.25, -0.2) is 0 Å². The normalized spacial score (nSPS) is 22.2. The van der Waals surface area contributed by atoms with Crippen molar-refractivity contribution in [1.82, 2.24) is 10.2 Å². The molecule has 2 rings (SSSR count). The Morgan fingerprint density at radius 1 is 1.29 bits per heavy atom. The summed E-state index contributed by atoms with van der Waals surface area (Å²) in [5.41, 5.74) is 1.64. The van der Waals surface area contributed by atoms with Gasteiger partial charge in [0.05, 0.1) is 11.8 Å². The number of aliphatic carboxylic acids is 1. The zero-order chi connectivity index (χ0) is 15.5. The maximum Gasteiger partial charge on any atom is 0.307 e. The van der Waals surface area contributed by atoms with Gasteiger partial charge in [0.15, 0.2) is 0 Å². The van der Waals surface area contributed by atoms with Crippen molar-refractivity contribution in [1.29, 1.82) is 0 Å². The molecule has 5 heteroatoms. The molecule has 5 nitrogen and oxygen atoms in total. The second-order valence-corrected chi connectivity index (χ2v) is 5.99. The van der Waals surface area contributed by atoms with E-state index in [4.69, 9.17) is 5.11 Å². The van der Waals surface area contributed by atoms with Crippen LogP contribution in [0.3, 0.4) is 0 Å². The fourth-order valence-corrected chi connectivity index (χ4v) is 2.87. The van der Waals surface area contributed by atoms with Crippen LogP contribution >= 0.6 is 0 Å². The summed E-state index contributed by atoms with van der Waals surface area (Å²) in [6.07, 6.45) is 0.919. The Kier molecular flexibility index (Phi) is 4.63. The van der Waals surface area contributed by atoms with E-state index in [1.165, 1.54) is 0 Å². The molecular weight excluding hydrogens is 268 g/mol. The third-order valence-electron chi connectivity index (χ3n) is 4.11. The van der Waals surface area contributed by atoms with Crippen molar-refractivity contribution in [2.45, 2.75) is 26.3 Å². The highest BCUT2D eigenvalue weighted by molar-refractivity contribution is 5.82. The zero-order valence-electron chi connectivity index (χ0n) is 12.6. The van der Waals surface area contributed by atoms with Crippen molar-refractivity contribution >= 4 is 11.9 Å². The van der Waals surface area contributed by atoms with Crippen molar-refractivity contribution in [3.63, 3.8) is 0 Å². The summed E-state index contributed by atoms with van der Waals surface area (Å²) in [6, 6.07) is 7.65. The van der Waals surface area contributed by atoms with Gasteiger partial charge in [-0.1, -0.05) is 24.3 Å². The maximum atomic E-state index is 11.9. The SMILES string of the molecule is CNC(=O)C1(C)CCN(Cc2ccc(CC(=O)O)cc2)C1. The molecule has 1 aromatic rings. The van der Waals surface area contributed by atoms with Crippen LogP contribution in [0, 0.1) is 5.41 Å². The molecule has 1 atom stereocenters. The summed E-state index contributed by atoms with van der Waals surface area (Å²) in [5, 5.41) is 11.5. The van der Waals surface area contributed by atoms with E-state index < -0.39 is 5.97 Å². The van der Waals surface area contributed by atoms with Gasteiger partial charge in [0.1, 0.15) is 0 Å². The summed E-state index contributed by atoms with van der Waals surface area (Å²) in [6.45, 7) is 4.45. The summed E-state index contributed by atoms with van der Waals surface area (Å²) >= 11 is 0. The molecular formula is C16H22N2O3. The lowest BCUT2D eigenvalue weighted by Gasteiger charge is -2.22. The number of amides is 1. The van der Waals surface area contributed by atoms with Crippen molar-refractivity contribution in [3.05, 3.63) is 35.4 Å². The highest BCUT2D eigenvalue weighted by Crippen LogP contribution is 2.30. The molecule has 1 heterocycles. The fraction of sp³-hybridized carbons (Fsp3) is 0.500. The maximum absolute atomic E-state index is 11.9. The first-order valence-corrected chi connectivity index (χ1v) is 7.17. The first-order chi connectivity index (χ1) is 9.93. The monoisotopic (exact) mass is 290 g/mol. The lowest BCUT2D eigenvalue weighted by atomic mass is 9.89. The average Bonchev–Trinajstić information content (AvgIpc) is 2.82. The Bertz CT molecular complexity index is 527. The smallest absolute Gasteiger partial charge is 0.307 e. The van der Waals surface area contributed by atoms with E-state index in [0.29, 0.717) is 0 Å². The molecule has 1 fully saturated rings. The number of carboxylic acid groups (broad SMARTS) is 1. The Hall–Kier alpha value is -1.88. The van der Waals surface area contributed by atoms with Crippen molar-refractivity contribution in [2.75, 3.05) is 20.1 Å². The van der Waals surface area contributed by atoms with Crippen LogP contribution < -0.4 is 5.32 Å². The number of hydrogen-bond donors (Lipinski definition) is 2. The predicted molar refractivity (Wildman–Crippen MR) is 79.8 cm³/mol. The third kappa shape index (κ3) is 3.82. The summed E-state index contributed by atoms with van der Waals surface area (Å²) in [4.78, 5) is 24.8. The minimum absolute atomic E-state index is 0.0543. The van der Waals surface area contributed by atoms with E-state index in [2.05, 4.69) is 10.2 Å². The van der Waals surface area contributed by atoms with Gasteiger partial charge in [-0.3, -0.25) is 14.5 Å². The number of nitrogens with zero attached hydrogens (tertiary/aromatic N) is 1. The number of carboxylic acids is 1. The van der Waals surface area contributed by atoms with Gasteiger partial charge >= 0.3 is 5.97 Å². The summed E-state index contributed by atoms with van der Waals surface area (Å²) in [5.74, 6) is -0.717. The highest BCUT2D eigenvalue weighted by Gasteiger charge is 2.39. The summed E-state index contributed by atoms with van der Waals surface area (Å²) in [7, 11) is 1.68. The molecule has 1 amide bonds. The zero-order valence-corrected chi connectivity index (χ0v) is 12.6. The number of benzene rings is 1.